The van der Waals surface area contributed by atoms with Crippen molar-refractivity contribution in [3.8, 4) is 5.75 Å². The Balaban J connectivity index is 1.67. The van der Waals surface area contributed by atoms with Gasteiger partial charge in [0.1, 0.15) is 5.75 Å². The summed E-state index contributed by atoms with van der Waals surface area (Å²) in [7, 11) is 0. The second-order valence-corrected chi connectivity index (χ2v) is 5.79. The maximum atomic E-state index is 10.0. The number of hydrogen-bond donors (Lipinski definition) is 2. The van der Waals surface area contributed by atoms with E-state index in [9.17, 15) is 5.11 Å². The van der Waals surface area contributed by atoms with Gasteiger partial charge in [-0.05, 0) is 25.8 Å². The summed E-state index contributed by atoms with van der Waals surface area (Å²) >= 11 is 0. The van der Waals surface area contributed by atoms with E-state index in [1.54, 1.807) is 0 Å². The molecule has 4 nitrogen and oxygen atoms in total. The minimum absolute atomic E-state index is 0.124. The minimum atomic E-state index is -0.124. The first kappa shape index (κ1) is 12.8. The molecule has 1 unspecified atom stereocenters. The monoisotopic (exact) mass is 261 g/mol. The summed E-state index contributed by atoms with van der Waals surface area (Å²) in [6, 6.07) is 6.61. The van der Waals surface area contributed by atoms with Crippen LogP contribution in [0, 0.1) is 0 Å². The fourth-order valence-corrected chi connectivity index (χ4v) is 2.90. The predicted octanol–water partition coefficient (Wildman–Crippen LogP) is 1.70. The second-order valence-electron chi connectivity index (χ2n) is 5.79. The van der Waals surface area contributed by atoms with Gasteiger partial charge in [0.2, 0.25) is 0 Å². The lowest BCUT2D eigenvalue weighted by Gasteiger charge is -2.36. The largest absolute Gasteiger partial charge is 0.508 e. The normalized spacial score (nSPS) is 22.5. The van der Waals surface area contributed by atoms with Crippen molar-refractivity contribution < 1.29 is 5.11 Å². The molecular weight excluding hydrogens is 238 g/mol. The Kier molecular flexibility index (Phi) is 3.37. The SMILES string of the molecule is CC(N)c1ccc(N2CCN(C3CC3)CC2)cc1O. The maximum Gasteiger partial charge on any atom is 0.122 e. The topological polar surface area (TPSA) is 52.7 Å². The van der Waals surface area contributed by atoms with Crippen LogP contribution >= 0.6 is 0 Å². The summed E-state index contributed by atoms with van der Waals surface area (Å²) in [5.41, 5.74) is 7.75. The van der Waals surface area contributed by atoms with Crippen LogP contribution in [-0.2, 0) is 0 Å². The quantitative estimate of drug-likeness (QED) is 0.869. The van der Waals surface area contributed by atoms with Crippen LogP contribution in [0.4, 0.5) is 5.69 Å². The van der Waals surface area contributed by atoms with E-state index in [1.165, 1.54) is 12.8 Å². The van der Waals surface area contributed by atoms with Crippen LogP contribution in [0.1, 0.15) is 31.4 Å². The van der Waals surface area contributed by atoms with Crippen molar-refractivity contribution in [1.29, 1.82) is 0 Å². The Labute approximate surface area is 114 Å². The van der Waals surface area contributed by atoms with Gasteiger partial charge in [-0.2, -0.15) is 0 Å². The number of anilines is 1. The molecule has 19 heavy (non-hydrogen) atoms. The molecule has 1 atom stereocenters. The van der Waals surface area contributed by atoms with Gasteiger partial charge >= 0.3 is 0 Å². The van der Waals surface area contributed by atoms with E-state index in [-0.39, 0.29) is 6.04 Å². The van der Waals surface area contributed by atoms with Crippen LogP contribution < -0.4 is 10.6 Å². The van der Waals surface area contributed by atoms with Crippen molar-refractivity contribution in [2.45, 2.75) is 31.8 Å². The van der Waals surface area contributed by atoms with Crippen molar-refractivity contribution in [2.75, 3.05) is 31.1 Å². The highest BCUT2D eigenvalue weighted by Gasteiger charge is 2.31. The van der Waals surface area contributed by atoms with Crippen LogP contribution in [0.3, 0.4) is 0 Å². The highest BCUT2D eigenvalue weighted by molar-refractivity contribution is 5.54. The first-order chi connectivity index (χ1) is 9.15. The summed E-state index contributed by atoms with van der Waals surface area (Å²) < 4.78 is 0. The zero-order valence-electron chi connectivity index (χ0n) is 11.5. The summed E-state index contributed by atoms with van der Waals surface area (Å²) in [6.45, 7) is 6.27. The number of nitrogens with two attached hydrogens (primary N) is 1. The van der Waals surface area contributed by atoms with E-state index < -0.39 is 0 Å². The molecule has 2 fully saturated rings. The Morgan fingerprint density at radius 1 is 1.21 bits per heavy atom. The minimum Gasteiger partial charge on any atom is -0.508 e. The molecule has 1 saturated heterocycles. The summed E-state index contributed by atoms with van der Waals surface area (Å²) in [5, 5.41) is 10.0. The summed E-state index contributed by atoms with van der Waals surface area (Å²) in [6.07, 6.45) is 2.76. The molecule has 0 amide bonds. The van der Waals surface area contributed by atoms with Gasteiger partial charge in [-0.3, -0.25) is 4.90 Å². The van der Waals surface area contributed by atoms with Gasteiger partial charge in [-0.15, -0.1) is 0 Å². The lowest BCUT2D eigenvalue weighted by molar-refractivity contribution is 0.248. The third kappa shape index (κ3) is 2.69. The molecule has 4 heteroatoms. The zero-order chi connectivity index (χ0) is 13.4. The van der Waals surface area contributed by atoms with Crippen LogP contribution in [-0.4, -0.2) is 42.2 Å². The summed E-state index contributed by atoms with van der Waals surface area (Å²) in [4.78, 5) is 4.94. The number of phenols is 1. The lowest BCUT2D eigenvalue weighted by Crippen LogP contribution is -2.47. The smallest absolute Gasteiger partial charge is 0.122 e. The number of aromatic hydroxyl groups is 1. The third-order valence-corrected chi connectivity index (χ3v) is 4.25. The first-order valence-corrected chi connectivity index (χ1v) is 7.22. The number of hydrogen-bond acceptors (Lipinski definition) is 4. The molecule has 104 valence electrons. The van der Waals surface area contributed by atoms with Gasteiger partial charge in [-0.25, -0.2) is 0 Å². The second kappa shape index (κ2) is 5.02. The molecule has 0 bridgehead atoms. The highest BCUT2D eigenvalue weighted by atomic mass is 16.3. The van der Waals surface area contributed by atoms with E-state index in [2.05, 4.69) is 15.9 Å². The van der Waals surface area contributed by atoms with Crippen LogP contribution in [0.5, 0.6) is 5.75 Å². The van der Waals surface area contributed by atoms with Gasteiger partial charge < -0.3 is 15.7 Å². The van der Waals surface area contributed by atoms with Gasteiger partial charge in [0, 0.05) is 55.6 Å². The van der Waals surface area contributed by atoms with Gasteiger partial charge in [-0.1, -0.05) is 6.07 Å². The van der Waals surface area contributed by atoms with Gasteiger partial charge in [0.05, 0.1) is 0 Å². The fraction of sp³-hybridized carbons (Fsp3) is 0.600. The number of piperazine rings is 1. The number of phenolic OH excluding ortho intramolecular Hbond substituents is 1. The fourth-order valence-electron chi connectivity index (χ4n) is 2.90. The maximum absolute atomic E-state index is 10.0. The van der Waals surface area contributed by atoms with E-state index in [4.69, 9.17) is 5.73 Å². The molecule has 0 radical (unpaired) electrons. The van der Waals surface area contributed by atoms with Crippen molar-refractivity contribution in [2.24, 2.45) is 5.73 Å². The molecule has 3 N–H and O–H groups in total. The zero-order valence-corrected chi connectivity index (χ0v) is 11.5. The highest BCUT2D eigenvalue weighted by Crippen LogP contribution is 2.31. The standard InChI is InChI=1S/C15H23N3O/c1-11(16)14-5-4-13(10-15(14)19)18-8-6-17(7-9-18)12-2-3-12/h4-5,10-12,19H,2-3,6-9,16H2,1H3. The first-order valence-electron chi connectivity index (χ1n) is 7.22. The van der Waals surface area contributed by atoms with E-state index in [0.29, 0.717) is 5.75 Å². The van der Waals surface area contributed by atoms with E-state index >= 15 is 0 Å². The third-order valence-electron chi connectivity index (χ3n) is 4.25. The number of rotatable bonds is 3. The Bertz CT molecular complexity index is 449. The molecule has 3 rings (SSSR count). The molecule has 2 aliphatic rings. The average Bonchev–Trinajstić information content (AvgIpc) is 3.22. The van der Waals surface area contributed by atoms with Crippen molar-refractivity contribution >= 4 is 5.69 Å². The van der Waals surface area contributed by atoms with Crippen molar-refractivity contribution in [3.05, 3.63) is 23.8 Å². The van der Waals surface area contributed by atoms with E-state index in [1.807, 2.05) is 19.1 Å². The average molecular weight is 261 g/mol. The van der Waals surface area contributed by atoms with Crippen LogP contribution in [0.2, 0.25) is 0 Å². The lowest BCUT2D eigenvalue weighted by atomic mass is 10.1. The number of nitrogens with zero attached hydrogens (tertiary/aromatic N) is 2. The molecule has 0 aromatic heterocycles. The van der Waals surface area contributed by atoms with E-state index in [0.717, 1.165) is 43.5 Å². The Morgan fingerprint density at radius 3 is 2.42 bits per heavy atom. The molecule has 1 aliphatic heterocycles. The predicted molar refractivity (Wildman–Crippen MR) is 77.5 cm³/mol. The molecule has 1 saturated carbocycles. The van der Waals surface area contributed by atoms with Crippen LogP contribution in [0.25, 0.3) is 0 Å². The van der Waals surface area contributed by atoms with Crippen molar-refractivity contribution in [3.63, 3.8) is 0 Å². The van der Waals surface area contributed by atoms with Gasteiger partial charge in [0.15, 0.2) is 0 Å². The molecule has 1 aromatic carbocycles. The molecule has 0 spiro atoms. The Hall–Kier alpha value is -1.26. The molecule has 1 aliphatic carbocycles. The molecular formula is C15H23N3O. The molecule has 1 aromatic rings. The number of benzene rings is 1. The Morgan fingerprint density at radius 2 is 1.89 bits per heavy atom. The summed E-state index contributed by atoms with van der Waals surface area (Å²) in [5.74, 6) is 0.317. The van der Waals surface area contributed by atoms with Gasteiger partial charge in [0.25, 0.3) is 0 Å². The van der Waals surface area contributed by atoms with Crippen LogP contribution in [0.15, 0.2) is 18.2 Å². The van der Waals surface area contributed by atoms with Crippen molar-refractivity contribution in [1.82, 2.24) is 4.90 Å². The molecule has 1 heterocycles.